The number of nitrogens with zero attached hydrogens (tertiary/aromatic N) is 1. The third kappa shape index (κ3) is 12.0. The molecule has 0 aliphatic carbocycles. The van der Waals surface area contributed by atoms with Gasteiger partial charge in [-0.1, -0.05) is 82.9 Å². The number of halogens is 1. The fourth-order valence-corrected chi connectivity index (χ4v) is 5.22. The minimum atomic E-state index is -0.0231. The van der Waals surface area contributed by atoms with Crippen LogP contribution >= 0.6 is 11.6 Å². The van der Waals surface area contributed by atoms with Crippen LogP contribution in [0.2, 0.25) is 0 Å². The predicted molar refractivity (Wildman–Crippen MR) is 158 cm³/mol. The summed E-state index contributed by atoms with van der Waals surface area (Å²) in [4.78, 5) is 9.70. The molecule has 1 fully saturated rings. The van der Waals surface area contributed by atoms with Gasteiger partial charge in [-0.2, -0.15) is 0 Å². The van der Waals surface area contributed by atoms with Crippen molar-refractivity contribution < 1.29 is 14.3 Å². The lowest BCUT2D eigenvalue weighted by atomic mass is 10.1. The first-order valence-corrected chi connectivity index (χ1v) is 13.8. The Hall–Kier alpha value is -1.95. The normalized spacial score (nSPS) is 15.9. The lowest BCUT2D eigenvalue weighted by Gasteiger charge is -2.30. The molecule has 1 unspecified atom stereocenters. The van der Waals surface area contributed by atoms with Crippen LogP contribution in [-0.2, 0) is 22.9 Å². The molecule has 1 atom stereocenters. The highest BCUT2D eigenvalue weighted by molar-refractivity contribution is 6.31. The van der Waals surface area contributed by atoms with Crippen molar-refractivity contribution >= 4 is 11.6 Å². The fraction of sp³-hybridized carbons (Fsp3) is 0.500. The van der Waals surface area contributed by atoms with Crippen LogP contribution in [-0.4, -0.2) is 44.4 Å². The molecule has 37 heavy (non-hydrogen) atoms. The molecule has 0 bridgehead atoms. The Balaban J connectivity index is 0.000000364. The predicted octanol–water partition coefficient (Wildman–Crippen LogP) is 7.47. The first-order chi connectivity index (χ1) is 17.5. The second-order valence-corrected chi connectivity index (χ2v) is 11.5. The molecule has 2 aromatic carbocycles. The minimum Gasteiger partial charge on any atom is -0.325 e. The van der Waals surface area contributed by atoms with Gasteiger partial charge in [-0.05, 0) is 65.1 Å². The summed E-state index contributed by atoms with van der Waals surface area (Å²) >= 11 is 5.73. The van der Waals surface area contributed by atoms with Crippen molar-refractivity contribution in [3.05, 3.63) is 93.0 Å². The molecular weight excluding hydrogens is 480 g/mol. The van der Waals surface area contributed by atoms with E-state index in [1.54, 1.807) is 0 Å². The van der Waals surface area contributed by atoms with E-state index >= 15 is 0 Å². The first kappa shape index (κ1) is 31.3. The number of hydrogen-bond acceptors (Lipinski definition) is 3. The van der Waals surface area contributed by atoms with Gasteiger partial charge in [0.25, 0.3) is 0 Å². The van der Waals surface area contributed by atoms with Gasteiger partial charge in [0, 0.05) is 23.6 Å². The average Bonchev–Trinajstić information content (AvgIpc) is 3.29. The average molecular weight is 528 g/mol. The molecule has 1 N–H and O–H groups in total. The topological polar surface area (TPSA) is 30.5 Å². The third-order valence-electron chi connectivity index (χ3n) is 6.49. The highest BCUT2D eigenvalue weighted by Crippen LogP contribution is 2.24. The summed E-state index contributed by atoms with van der Waals surface area (Å²) < 4.78 is 1.06. The van der Waals surface area contributed by atoms with Gasteiger partial charge in [0.1, 0.15) is 12.6 Å². The smallest absolute Gasteiger partial charge is 0.121 e. The summed E-state index contributed by atoms with van der Waals surface area (Å²) in [6, 6.07) is 13.7. The molecule has 1 saturated heterocycles. The van der Waals surface area contributed by atoms with Gasteiger partial charge < -0.3 is 9.80 Å². The number of nitrogens with one attached hydrogen (secondary N) is 1. The Kier molecular flexibility index (Phi) is 13.1. The molecule has 1 heterocycles. The van der Waals surface area contributed by atoms with Crippen molar-refractivity contribution in [3.63, 3.8) is 0 Å². The van der Waals surface area contributed by atoms with Crippen LogP contribution in [0.1, 0.15) is 59.6 Å². The van der Waals surface area contributed by atoms with Crippen molar-refractivity contribution in [3.8, 4) is 0 Å². The Morgan fingerprint density at radius 3 is 2.03 bits per heavy atom. The van der Waals surface area contributed by atoms with E-state index in [0.29, 0.717) is 11.6 Å². The van der Waals surface area contributed by atoms with Crippen LogP contribution < -0.4 is 5.32 Å². The summed E-state index contributed by atoms with van der Waals surface area (Å²) in [5.41, 5.74) is 9.23. The van der Waals surface area contributed by atoms with E-state index in [0.717, 1.165) is 36.1 Å². The Morgan fingerprint density at radius 1 is 0.973 bits per heavy atom. The van der Waals surface area contributed by atoms with Crippen LogP contribution in [0.4, 0.5) is 0 Å². The van der Waals surface area contributed by atoms with Crippen molar-refractivity contribution in [1.29, 1.82) is 0 Å². The highest BCUT2D eigenvalue weighted by Gasteiger charge is 2.22. The van der Waals surface area contributed by atoms with Gasteiger partial charge in [-0.3, -0.25) is 0 Å². The Bertz CT molecular complexity index is 999. The van der Waals surface area contributed by atoms with E-state index in [9.17, 15) is 0 Å². The molecule has 0 spiro atoms. The molecular formula is C32H48ClN2O2+. The molecule has 5 heteroatoms. The van der Waals surface area contributed by atoms with Gasteiger partial charge in [0.05, 0.1) is 27.2 Å². The summed E-state index contributed by atoms with van der Waals surface area (Å²) in [5.74, 6) is 0. The molecule has 1 aliphatic rings. The van der Waals surface area contributed by atoms with E-state index < -0.39 is 0 Å². The van der Waals surface area contributed by atoms with Crippen molar-refractivity contribution in [2.45, 2.75) is 73.1 Å². The molecule has 4 nitrogen and oxygen atoms in total. The highest BCUT2D eigenvalue weighted by atomic mass is 35.5. The number of unbranched alkanes of at least 4 members (excludes halogenated alkanes) is 1. The third-order valence-corrected chi connectivity index (χ3v) is 6.71. The Labute approximate surface area is 230 Å². The zero-order valence-electron chi connectivity index (χ0n) is 24.1. The van der Waals surface area contributed by atoms with Crippen molar-refractivity contribution in [1.82, 2.24) is 5.32 Å². The van der Waals surface area contributed by atoms with E-state index in [2.05, 4.69) is 90.1 Å². The maximum atomic E-state index is 5.73. The second-order valence-electron chi connectivity index (χ2n) is 11.0. The van der Waals surface area contributed by atoms with Gasteiger partial charge in [0.15, 0.2) is 0 Å². The van der Waals surface area contributed by atoms with Gasteiger partial charge in [-0.15, -0.1) is 0 Å². The zero-order valence-corrected chi connectivity index (χ0v) is 24.9. The molecule has 0 amide bonds. The largest absolute Gasteiger partial charge is 0.325 e. The van der Waals surface area contributed by atoms with Crippen molar-refractivity contribution in [2.75, 3.05) is 33.8 Å². The lowest BCUT2D eigenvalue weighted by Crippen LogP contribution is -2.39. The number of allylic oxidation sites excluding steroid dienone is 1. The van der Waals surface area contributed by atoms with Crippen LogP contribution in [0.3, 0.4) is 0 Å². The summed E-state index contributed by atoms with van der Waals surface area (Å²) in [7, 11) is 4.70. The van der Waals surface area contributed by atoms with Crippen LogP contribution in [0.15, 0.2) is 59.7 Å². The summed E-state index contributed by atoms with van der Waals surface area (Å²) in [6.45, 7) is 19.3. The Morgan fingerprint density at radius 2 is 1.54 bits per heavy atom. The fourth-order valence-electron chi connectivity index (χ4n) is 4.99. The summed E-state index contributed by atoms with van der Waals surface area (Å²) in [6.07, 6.45) is 5.22. The van der Waals surface area contributed by atoms with E-state index in [-0.39, 0.29) is 6.10 Å². The monoisotopic (exact) mass is 527 g/mol. The molecule has 0 radical (unpaired) electrons. The van der Waals surface area contributed by atoms with Gasteiger partial charge >= 0.3 is 0 Å². The minimum absolute atomic E-state index is 0.0231. The van der Waals surface area contributed by atoms with Gasteiger partial charge in [0.2, 0.25) is 0 Å². The molecule has 0 aromatic heterocycles. The second kappa shape index (κ2) is 15.5. The standard InChI is InChI=1S/C24H37N2.C8H11ClO2/c1-19-11-20(2)14-23(13-19)17-25-9-7-8-10-26(5,6)18-24-15-21(3)12-22(4)16-24;1-3-7(6(2)9)8-4-5-10-11-8/h11-16,25H,7-10,17-18H2,1-6H3;3,8H,2,4-5H2,1H3/q+1;/b;7-3+. The molecule has 0 saturated carbocycles. The quantitative estimate of drug-likeness (QED) is 0.142. The van der Waals surface area contributed by atoms with E-state index in [4.69, 9.17) is 21.4 Å². The maximum Gasteiger partial charge on any atom is 0.121 e. The summed E-state index contributed by atoms with van der Waals surface area (Å²) in [5, 5.41) is 4.13. The lowest BCUT2D eigenvalue weighted by molar-refractivity contribution is -0.903. The molecule has 204 valence electrons. The van der Waals surface area contributed by atoms with Crippen molar-refractivity contribution in [2.24, 2.45) is 0 Å². The van der Waals surface area contributed by atoms with E-state index in [1.165, 1.54) is 52.8 Å². The molecule has 2 aromatic rings. The number of rotatable bonds is 11. The molecule has 3 rings (SSSR count). The number of benzene rings is 2. The maximum absolute atomic E-state index is 5.73. The first-order valence-electron chi connectivity index (χ1n) is 13.5. The number of quaternary nitrogens is 1. The van der Waals surface area contributed by atoms with Crippen LogP contribution in [0, 0.1) is 27.7 Å². The molecule has 1 aliphatic heterocycles. The van der Waals surface area contributed by atoms with E-state index in [1.807, 2.05) is 13.0 Å². The SMILES string of the molecule is C=C(Cl)/C(=C\C)C1CCOO1.Cc1cc(C)cc(CNCCCC[N+](C)(C)Cc2cc(C)cc(C)c2)c1. The van der Waals surface area contributed by atoms with Gasteiger partial charge in [-0.25, -0.2) is 9.78 Å². The number of aryl methyl sites for hydroxylation is 4. The van der Waals surface area contributed by atoms with Crippen LogP contribution in [0.5, 0.6) is 0 Å². The van der Waals surface area contributed by atoms with Crippen LogP contribution in [0.25, 0.3) is 0 Å². The number of hydrogen-bond donors (Lipinski definition) is 1. The zero-order chi connectivity index (χ0) is 27.4.